The molecule has 0 saturated carbocycles. The van der Waals surface area contributed by atoms with Crippen molar-refractivity contribution >= 4 is 0 Å². The Labute approximate surface area is 90.9 Å². The first-order valence-corrected chi connectivity index (χ1v) is 5.20. The Hall–Kier alpha value is -1.06. The third-order valence-corrected chi connectivity index (χ3v) is 2.53. The van der Waals surface area contributed by atoms with Crippen molar-refractivity contribution in [3.8, 4) is 5.75 Å². The van der Waals surface area contributed by atoms with E-state index in [2.05, 4.69) is 0 Å². The second kappa shape index (κ2) is 5.73. The average molecular weight is 209 g/mol. The van der Waals surface area contributed by atoms with E-state index in [4.69, 9.17) is 15.6 Å². The Morgan fingerprint density at radius 3 is 2.80 bits per heavy atom. The maximum atomic E-state index is 8.73. The molecule has 1 atom stereocenters. The third-order valence-electron chi connectivity index (χ3n) is 2.53. The molecular formula is C12H19NO2. The summed E-state index contributed by atoms with van der Waals surface area (Å²) in [5.41, 5.74) is 8.16. The summed E-state index contributed by atoms with van der Waals surface area (Å²) in [6.45, 7) is 2.19. The van der Waals surface area contributed by atoms with Crippen LogP contribution in [0.15, 0.2) is 18.2 Å². The minimum Gasteiger partial charge on any atom is -0.496 e. The van der Waals surface area contributed by atoms with Crippen LogP contribution in [0.3, 0.4) is 0 Å². The summed E-state index contributed by atoms with van der Waals surface area (Å²) in [7, 11) is 1.66. The molecule has 0 spiro atoms. The highest BCUT2D eigenvalue weighted by molar-refractivity contribution is 5.37. The van der Waals surface area contributed by atoms with Crippen molar-refractivity contribution in [3.05, 3.63) is 29.3 Å². The molecular weight excluding hydrogens is 190 g/mol. The maximum Gasteiger partial charge on any atom is 0.122 e. The van der Waals surface area contributed by atoms with Crippen molar-refractivity contribution in [1.82, 2.24) is 0 Å². The lowest BCUT2D eigenvalue weighted by Crippen LogP contribution is -2.11. The third kappa shape index (κ3) is 3.22. The van der Waals surface area contributed by atoms with Crippen LogP contribution >= 0.6 is 0 Å². The van der Waals surface area contributed by atoms with E-state index in [-0.39, 0.29) is 12.6 Å². The van der Waals surface area contributed by atoms with Gasteiger partial charge in [0, 0.05) is 12.6 Å². The van der Waals surface area contributed by atoms with E-state index in [0.717, 1.165) is 29.7 Å². The van der Waals surface area contributed by atoms with Crippen molar-refractivity contribution in [3.63, 3.8) is 0 Å². The van der Waals surface area contributed by atoms with Crippen LogP contribution in [0.1, 0.15) is 30.0 Å². The summed E-state index contributed by atoms with van der Waals surface area (Å²) in [5.74, 6) is 0.868. The summed E-state index contributed by atoms with van der Waals surface area (Å²) in [6.07, 6.45) is 1.53. The van der Waals surface area contributed by atoms with Crippen LogP contribution in [0.4, 0.5) is 0 Å². The summed E-state index contributed by atoms with van der Waals surface area (Å²) in [6, 6.07) is 5.97. The summed E-state index contributed by atoms with van der Waals surface area (Å²) >= 11 is 0. The molecule has 3 heteroatoms. The molecule has 15 heavy (non-hydrogen) atoms. The van der Waals surface area contributed by atoms with E-state index in [1.165, 1.54) is 0 Å². The predicted molar refractivity (Wildman–Crippen MR) is 61.0 cm³/mol. The van der Waals surface area contributed by atoms with Crippen LogP contribution in [-0.4, -0.2) is 18.8 Å². The SMILES string of the molecule is COc1cc([C@H](N)CCCO)ccc1C. The normalized spacial score (nSPS) is 12.5. The van der Waals surface area contributed by atoms with Gasteiger partial charge in [0.15, 0.2) is 0 Å². The van der Waals surface area contributed by atoms with Crippen LogP contribution < -0.4 is 10.5 Å². The zero-order valence-electron chi connectivity index (χ0n) is 9.36. The second-order valence-corrected chi connectivity index (χ2v) is 3.70. The lowest BCUT2D eigenvalue weighted by Gasteiger charge is -2.13. The fourth-order valence-electron chi connectivity index (χ4n) is 1.55. The first-order valence-electron chi connectivity index (χ1n) is 5.20. The highest BCUT2D eigenvalue weighted by Gasteiger charge is 2.07. The van der Waals surface area contributed by atoms with Crippen LogP contribution in [0.25, 0.3) is 0 Å². The standard InChI is InChI=1S/C12H19NO2/c1-9-5-6-10(8-12(9)15-2)11(13)4-3-7-14/h5-6,8,11,14H,3-4,7,13H2,1-2H3/t11-/m1/s1. The summed E-state index contributed by atoms with van der Waals surface area (Å²) in [5, 5.41) is 8.73. The molecule has 0 radical (unpaired) electrons. The molecule has 0 aliphatic heterocycles. The summed E-state index contributed by atoms with van der Waals surface area (Å²) in [4.78, 5) is 0. The number of rotatable bonds is 5. The number of aliphatic hydroxyl groups is 1. The van der Waals surface area contributed by atoms with Gasteiger partial charge in [-0.25, -0.2) is 0 Å². The number of benzene rings is 1. The van der Waals surface area contributed by atoms with Gasteiger partial charge in [-0.1, -0.05) is 12.1 Å². The zero-order chi connectivity index (χ0) is 11.3. The Morgan fingerprint density at radius 2 is 2.20 bits per heavy atom. The Balaban J connectivity index is 2.76. The quantitative estimate of drug-likeness (QED) is 0.777. The Bertz CT molecular complexity index is 312. The van der Waals surface area contributed by atoms with Crippen molar-refractivity contribution < 1.29 is 9.84 Å². The van der Waals surface area contributed by atoms with Gasteiger partial charge in [0.25, 0.3) is 0 Å². The lowest BCUT2D eigenvalue weighted by molar-refractivity contribution is 0.280. The highest BCUT2D eigenvalue weighted by atomic mass is 16.5. The molecule has 0 fully saturated rings. The second-order valence-electron chi connectivity index (χ2n) is 3.70. The fourth-order valence-corrected chi connectivity index (χ4v) is 1.55. The van der Waals surface area contributed by atoms with E-state index in [0.29, 0.717) is 0 Å². The van der Waals surface area contributed by atoms with Gasteiger partial charge in [0.05, 0.1) is 7.11 Å². The molecule has 0 bridgehead atoms. The minimum absolute atomic E-state index is 0.0216. The van der Waals surface area contributed by atoms with Crippen LogP contribution in [0.5, 0.6) is 5.75 Å². The summed E-state index contributed by atoms with van der Waals surface area (Å²) < 4.78 is 5.24. The Morgan fingerprint density at radius 1 is 1.47 bits per heavy atom. The van der Waals surface area contributed by atoms with Gasteiger partial charge in [-0.05, 0) is 37.0 Å². The van der Waals surface area contributed by atoms with Gasteiger partial charge >= 0.3 is 0 Å². The lowest BCUT2D eigenvalue weighted by atomic mass is 10.0. The molecule has 84 valence electrons. The van der Waals surface area contributed by atoms with Crippen molar-refractivity contribution in [2.75, 3.05) is 13.7 Å². The van der Waals surface area contributed by atoms with E-state index in [9.17, 15) is 0 Å². The van der Waals surface area contributed by atoms with Crippen LogP contribution in [-0.2, 0) is 0 Å². The number of nitrogens with two attached hydrogens (primary N) is 1. The van der Waals surface area contributed by atoms with E-state index in [1.54, 1.807) is 7.11 Å². The van der Waals surface area contributed by atoms with E-state index >= 15 is 0 Å². The van der Waals surface area contributed by atoms with Gasteiger partial charge < -0.3 is 15.6 Å². The minimum atomic E-state index is -0.0216. The molecule has 0 saturated heterocycles. The number of hydrogen-bond acceptors (Lipinski definition) is 3. The van der Waals surface area contributed by atoms with E-state index in [1.807, 2.05) is 25.1 Å². The van der Waals surface area contributed by atoms with E-state index < -0.39 is 0 Å². The molecule has 0 heterocycles. The maximum absolute atomic E-state index is 8.73. The van der Waals surface area contributed by atoms with Gasteiger partial charge in [0.2, 0.25) is 0 Å². The van der Waals surface area contributed by atoms with Crippen LogP contribution in [0, 0.1) is 6.92 Å². The molecule has 1 aromatic rings. The van der Waals surface area contributed by atoms with Crippen LogP contribution in [0.2, 0.25) is 0 Å². The molecule has 0 aliphatic carbocycles. The zero-order valence-corrected chi connectivity index (χ0v) is 9.36. The molecule has 1 rings (SSSR count). The number of ether oxygens (including phenoxy) is 1. The molecule has 0 unspecified atom stereocenters. The number of aliphatic hydroxyl groups excluding tert-OH is 1. The predicted octanol–water partition coefficient (Wildman–Crippen LogP) is 1.78. The topological polar surface area (TPSA) is 55.5 Å². The Kier molecular flexibility index (Phi) is 4.59. The average Bonchev–Trinajstić information content (AvgIpc) is 2.26. The largest absolute Gasteiger partial charge is 0.496 e. The molecule has 3 nitrogen and oxygen atoms in total. The van der Waals surface area contributed by atoms with Gasteiger partial charge in [0.1, 0.15) is 5.75 Å². The fraction of sp³-hybridized carbons (Fsp3) is 0.500. The first-order chi connectivity index (χ1) is 7.19. The van der Waals surface area contributed by atoms with Gasteiger partial charge in [-0.2, -0.15) is 0 Å². The number of hydrogen-bond donors (Lipinski definition) is 2. The molecule has 3 N–H and O–H groups in total. The smallest absolute Gasteiger partial charge is 0.122 e. The van der Waals surface area contributed by atoms with Crippen molar-refractivity contribution in [2.24, 2.45) is 5.73 Å². The number of aryl methyl sites for hydroxylation is 1. The van der Waals surface area contributed by atoms with Crippen molar-refractivity contribution in [1.29, 1.82) is 0 Å². The van der Waals surface area contributed by atoms with Gasteiger partial charge in [-0.15, -0.1) is 0 Å². The van der Waals surface area contributed by atoms with Crippen molar-refractivity contribution in [2.45, 2.75) is 25.8 Å². The molecule has 1 aromatic carbocycles. The van der Waals surface area contributed by atoms with Gasteiger partial charge in [-0.3, -0.25) is 0 Å². The highest BCUT2D eigenvalue weighted by Crippen LogP contribution is 2.24. The monoisotopic (exact) mass is 209 g/mol. The number of methoxy groups -OCH3 is 1. The molecule has 0 aliphatic rings. The molecule has 0 aromatic heterocycles. The first kappa shape index (κ1) is 12.0. The molecule has 0 amide bonds.